The van der Waals surface area contributed by atoms with Gasteiger partial charge in [0, 0.05) is 65.3 Å². The number of guanidine groups is 1. The largest absolute Gasteiger partial charge is 0.355 e. The number of hydrogen-bond acceptors (Lipinski definition) is 3. The van der Waals surface area contributed by atoms with Crippen LogP contribution >= 0.6 is 24.0 Å². The molecule has 3 rings (SSSR count). The Labute approximate surface area is 163 Å². The van der Waals surface area contributed by atoms with Gasteiger partial charge in [0.1, 0.15) is 0 Å². The minimum absolute atomic E-state index is 0. The molecule has 0 spiro atoms. The molecule has 0 aromatic rings. The van der Waals surface area contributed by atoms with Gasteiger partial charge in [-0.2, -0.15) is 0 Å². The van der Waals surface area contributed by atoms with Crippen LogP contribution in [0.4, 0.5) is 0 Å². The van der Waals surface area contributed by atoms with Gasteiger partial charge >= 0.3 is 0 Å². The van der Waals surface area contributed by atoms with Crippen molar-refractivity contribution in [3.05, 3.63) is 0 Å². The van der Waals surface area contributed by atoms with Gasteiger partial charge in [0.05, 0.1) is 0 Å². The lowest BCUT2D eigenvalue weighted by Crippen LogP contribution is -2.52. The summed E-state index contributed by atoms with van der Waals surface area (Å²) in [7, 11) is 1.87. The van der Waals surface area contributed by atoms with Gasteiger partial charge in [-0.15, -0.1) is 24.0 Å². The number of nitrogens with zero attached hydrogens (tertiary/aromatic N) is 4. The molecule has 0 aromatic heterocycles. The molecule has 24 heavy (non-hydrogen) atoms. The number of halogens is 1. The molecule has 7 heteroatoms. The van der Waals surface area contributed by atoms with E-state index in [1.54, 1.807) is 0 Å². The van der Waals surface area contributed by atoms with E-state index in [9.17, 15) is 4.79 Å². The van der Waals surface area contributed by atoms with Crippen LogP contribution in [0, 0.1) is 5.92 Å². The molecular weight excluding hydrogens is 417 g/mol. The summed E-state index contributed by atoms with van der Waals surface area (Å²) in [5.41, 5.74) is 0. The van der Waals surface area contributed by atoms with E-state index in [1.165, 1.54) is 19.3 Å². The van der Waals surface area contributed by atoms with E-state index in [1.807, 2.05) is 7.05 Å². The summed E-state index contributed by atoms with van der Waals surface area (Å²) in [5, 5.41) is 3.48. The number of amides is 1. The number of carbonyl (C=O) groups is 1. The van der Waals surface area contributed by atoms with Crippen LogP contribution in [0.5, 0.6) is 0 Å². The van der Waals surface area contributed by atoms with Crippen LogP contribution in [0.25, 0.3) is 0 Å². The molecule has 0 unspecified atom stereocenters. The lowest BCUT2D eigenvalue weighted by Gasteiger charge is -2.38. The Morgan fingerprint density at radius 2 is 1.67 bits per heavy atom. The minimum atomic E-state index is 0. The normalized spacial score (nSPS) is 23.0. The highest BCUT2D eigenvalue weighted by atomic mass is 127. The van der Waals surface area contributed by atoms with Crippen LogP contribution in [0.2, 0.25) is 0 Å². The van der Waals surface area contributed by atoms with Crippen molar-refractivity contribution in [3.63, 3.8) is 0 Å². The maximum absolute atomic E-state index is 12.3. The summed E-state index contributed by atoms with van der Waals surface area (Å²) in [6, 6.07) is 0. The van der Waals surface area contributed by atoms with Gasteiger partial charge in [0.25, 0.3) is 0 Å². The highest BCUT2D eigenvalue weighted by Gasteiger charge is 2.31. The molecule has 3 aliphatic rings. The Bertz CT molecular complexity index is 427. The SMILES string of the molecule is CN=C(NCCN1CCN(C(=O)C2CCC2)CC1)N1CCCC1.I. The van der Waals surface area contributed by atoms with Crippen LogP contribution in [-0.2, 0) is 4.79 Å². The molecule has 3 fully saturated rings. The molecule has 138 valence electrons. The Kier molecular flexibility index (Phi) is 8.06. The van der Waals surface area contributed by atoms with Crippen LogP contribution in [0.3, 0.4) is 0 Å². The maximum atomic E-state index is 12.3. The molecule has 1 N–H and O–H groups in total. The van der Waals surface area contributed by atoms with Crippen molar-refractivity contribution >= 4 is 35.8 Å². The van der Waals surface area contributed by atoms with Crippen LogP contribution in [-0.4, -0.2) is 86.0 Å². The van der Waals surface area contributed by atoms with Crippen LogP contribution in [0.15, 0.2) is 4.99 Å². The molecule has 2 aliphatic heterocycles. The molecule has 1 saturated carbocycles. The van der Waals surface area contributed by atoms with Gasteiger partial charge < -0.3 is 15.1 Å². The van der Waals surface area contributed by atoms with Gasteiger partial charge in [-0.1, -0.05) is 6.42 Å². The zero-order valence-corrected chi connectivity index (χ0v) is 17.2. The van der Waals surface area contributed by atoms with Crippen LogP contribution in [0.1, 0.15) is 32.1 Å². The molecule has 0 radical (unpaired) electrons. The minimum Gasteiger partial charge on any atom is -0.355 e. The number of likely N-dealkylation sites (tertiary alicyclic amines) is 1. The van der Waals surface area contributed by atoms with E-state index in [2.05, 4.69) is 25.0 Å². The first kappa shape index (κ1) is 19.8. The van der Waals surface area contributed by atoms with E-state index in [0.29, 0.717) is 11.8 Å². The fourth-order valence-electron chi connectivity index (χ4n) is 3.69. The predicted octanol–water partition coefficient (Wildman–Crippen LogP) is 1.22. The number of aliphatic imine (C=N–C) groups is 1. The van der Waals surface area contributed by atoms with Gasteiger partial charge in [0.2, 0.25) is 5.91 Å². The average Bonchev–Trinajstić information content (AvgIpc) is 3.04. The molecule has 2 heterocycles. The second kappa shape index (κ2) is 9.79. The summed E-state index contributed by atoms with van der Waals surface area (Å²) in [6.45, 7) is 8.01. The summed E-state index contributed by atoms with van der Waals surface area (Å²) in [6.07, 6.45) is 6.01. The predicted molar refractivity (Wildman–Crippen MR) is 108 cm³/mol. The lowest BCUT2D eigenvalue weighted by molar-refractivity contribution is -0.139. The molecule has 0 aromatic carbocycles. The second-order valence-corrected chi connectivity index (χ2v) is 6.96. The Balaban J connectivity index is 0.00000208. The van der Waals surface area contributed by atoms with Crippen molar-refractivity contribution < 1.29 is 4.79 Å². The lowest BCUT2D eigenvalue weighted by atomic mass is 9.84. The van der Waals surface area contributed by atoms with Crippen molar-refractivity contribution in [2.24, 2.45) is 10.9 Å². The number of carbonyl (C=O) groups excluding carboxylic acids is 1. The average molecular weight is 449 g/mol. The van der Waals surface area contributed by atoms with E-state index in [4.69, 9.17) is 0 Å². The Morgan fingerprint density at radius 3 is 2.21 bits per heavy atom. The van der Waals surface area contributed by atoms with Crippen molar-refractivity contribution in [1.29, 1.82) is 0 Å². The fourth-order valence-corrected chi connectivity index (χ4v) is 3.69. The third-order valence-corrected chi connectivity index (χ3v) is 5.47. The summed E-state index contributed by atoms with van der Waals surface area (Å²) in [5.74, 6) is 1.79. The molecule has 0 atom stereocenters. The standard InChI is InChI=1S/C17H31N5O.HI/c1-18-17(22-8-2-3-9-22)19-7-10-20-11-13-21(14-12-20)16(23)15-5-4-6-15;/h15H,2-14H2,1H3,(H,18,19);1H. The van der Waals surface area contributed by atoms with Gasteiger partial charge in [-0.25, -0.2) is 0 Å². The first-order valence-corrected chi connectivity index (χ1v) is 9.24. The third kappa shape index (κ3) is 4.97. The van der Waals surface area contributed by atoms with Crippen LogP contribution < -0.4 is 5.32 Å². The Hall–Kier alpha value is -0.570. The number of nitrogens with one attached hydrogen (secondary N) is 1. The monoisotopic (exact) mass is 449 g/mol. The first-order chi connectivity index (χ1) is 11.3. The summed E-state index contributed by atoms with van der Waals surface area (Å²) < 4.78 is 0. The second-order valence-electron chi connectivity index (χ2n) is 6.96. The number of rotatable bonds is 4. The van der Waals surface area contributed by atoms with Crippen molar-refractivity contribution in [3.8, 4) is 0 Å². The molecular formula is C17H32IN5O. The van der Waals surface area contributed by atoms with Gasteiger partial charge in [0.15, 0.2) is 5.96 Å². The molecule has 2 saturated heterocycles. The summed E-state index contributed by atoms with van der Waals surface area (Å²) >= 11 is 0. The van der Waals surface area contributed by atoms with Crippen molar-refractivity contribution in [2.45, 2.75) is 32.1 Å². The van der Waals surface area contributed by atoms with Gasteiger partial charge in [-0.05, 0) is 25.7 Å². The highest BCUT2D eigenvalue weighted by Crippen LogP contribution is 2.28. The molecule has 6 nitrogen and oxygen atoms in total. The third-order valence-electron chi connectivity index (χ3n) is 5.47. The van der Waals surface area contributed by atoms with Crippen molar-refractivity contribution in [1.82, 2.24) is 20.0 Å². The molecule has 0 bridgehead atoms. The molecule has 1 aliphatic carbocycles. The fraction of sp³-hybridized carbons (Fsp3) is 0.882. The number of piperazine rings is 1. The maximum Gasteiger partial charge on any atom is 0.225 e. The smallest absolute Gasteiger partial charge is 0.225 e. The van der Waals surface area contributed by atoms with E-state index < -0.39 is 0 Å². The molecule has 1 amide bonds. The summed E-state index contributed by atoms with van der Waals surface area (Å²) in [4.78, 5) is 23.5. The zero-order valence-electron chi connectivity index (χ0n) is 14.9. The van der Waals surface area contributed by atoms with E-state index in [-0.39, 0.29) is 24.0 Å². The van der Waals surface area contributed by atoms with Crippen molar-refractivity contribution in [2.75, 3.05) is 59.4 Å². The Morgan fingerprint density at radius 1 is 1.00 bits per heavy atom. The van der Waals surface area contributed by atoms with Gasteiger partial charge in [-0.3, -0.25) is 14.7 Å². The van der Waals surface area contributed by atoms with E-state index in [0.717, 1.165) is 71.2 Å². The zero-order chi connectivity index (χ0) is 16.1. The highest BCUT2D eigenvalue weighted by molar-refractivity contribution is 14.0. The first-order valence-electron chi connectivity index (χ1n) is 9.24. The number of hydrogen-bond donors (Lipinski definition) is 1. The quantitative estimate of drug-likeness (QED) is 0.399. The van der Waals surface area contributed by atoms with E-state index >= 15 is 0 Å². The topological polar surface area (TPSA) is 51.2 Å².